The molecule has 3 unspecified atom stereocenters. The highest BCUT2D eigenvalue weighted by Crippen LogP contribution is 2.24. The van der Waals surface area contributed by atoms with Gasteiger partial charge in [-0.25, -0.2) is 4.79 Å². The molecule has 0 aromatic carbocycles. The van der Waals surface area contributed by atoms with E-state index in [0.29, 0.717) is 26.4 Å². The van der Waals surface area contributed by atoms with E-state index in [9.17, 15) is 14.7 Å². The average molecular weight is 299 g/mol. The first-order valence-corrected chi connectivity index (χ1v) is 7.78. The van der Waals surface area contributed by atoms with Gasteiger partial charge in [-0.15, -0.1) is 0 Å². The Morgan fingerprint density at radius 1 is 1.10 bits per heavy atom. The standard InChI is InChI=1S/C15H25NO5/c1-10(11-4-7-20-8-5-11)14(17)16-13(15(18)19)12-3-2-6-21-9-12/h10-13H,2-9H2,1H3,(H,16,17)(H,18,19). The molecular weight excluding hydrogens is 274 g/mol. The molecule has 6 heteroatoms. The maximum Gasteiger partial charge on any atom is 0.326 e. The highest BCUT2D eigenvalue weighted by molar-refractivity contribution is 5.85. The maximum absolute atomic E-state index is 12.3. The molecule has 3 atom stereocenters. The van der Waals surface area contributed by atoms with E-state index in [-0.39, 0.29) is 23.7 Å². The van der Waals surface area contributed by atoms with Crippen molar-refractivity contribution < 1.29 is 24.2 Å². The fourth-order valence-corrected chi connectivity index (χ4v) is 3.12. The summed E-state index contributed by atoms with van der Waals surface area (Å²) in [5, 5.41) is 12.1. The summed E-state index contributed by atoms with van der Waals surface area (Å²) in [6.45, 7) is 4.32. The number of carboxylic acids is 1. The van der Waals surface area contributed by atoms with Gasteiger partial charge in [0.2, 0.25) is 5.91 Å². The zero-order chi connectivity index (χ0) is 15.2. The van der Waals surface area contributed by atoms with E-state index in [1.165, 1.54) is 0 Å². The quantitative estimate of drug-likeness (QED) is 0.792. The molecule has 0 spiro atoms. The minimum absolute atomic E-state index is 0.137. The van der Waals surface area contributed by atoms with Crippen LogP contribution in [-0.2, 0) is 19.1 Å². The van der Waals surface area contributed by atoms with E-state index in [1.54, 1.807) is 0 Å². The molecular formula is C15H25NO5. The van der Waals surface area contributed by atoms with E-state index in [0.717, 1.165) is 25.7 Å². The molecule has 2 heterocycles. The van der Waals surface area contributed by atoms with Crippen molar-refractivity contribution in [1.29, 1.82) is 0 Å². The molecule has 2 saturated heterocycles. The molecule has 2 N–H and O–H groups in total. The van der Waals surface area contributed by atoms with Crippen molar-refractivity contribution in [3.8, 4) is 0 Å². The van der Waals surface area contributed by atoms with Gasteiger partial charge in [-0.1, -0.05) is 6.92 Å². The van der Waals surface area contributed by atoms with Crippen LogP contribution in [0.4, 0.5) is 0 Å². The molecule has 0 radical (unpaired) electrons. The Bertz CT molecular complexity index is 361. The molecule has 0 bridgehead atoms. The lowest BCUT2D eigenvalue weighted by molar-refractivity contribution is -0.146. The van der Waals surface area contributed by atoms with Crippen LogP contribution in [0, 0.1) is 17.8 Å². The Morgan fingerprint density at radius 2 is 1.81 bits per heavy atom. The fourth-order valence-electron chi connectivity index (χ4n) is 3.12. The number of aliphatic carboxylic acids is 1. The fraction of sp³-hybridized carbons (Fsp3) is 0.867. The van der Waals surface area contributed by atoms with E-state index >= 15 is 0 Å². The van der Waals surface area contributed by atoms with E-state index < -0.39 is 12.0 Å². The van der Waals surface area contributed by atoms with Gasteiger partial charge < -0.3 is 19.9 Å². The number of rotatable bonds is 5. The highest BCUT2D eigenvalue weighted by Gasteiger charge is 2.34. The number of nitrogens with one attached hydrogen (secondary N) is 1. The van der Waals surface area contributed by atoms with E-state index in [2.05, 4.69) is 5.32 Å². The molecule has 0 aliphatic carbocycles. The first-order valence-electron chi connectivity index (χ1n) is 7.78. The smallest absolute Gasteiger partial charge is 0.326 e. The Morgan fingerprint density at radius 3 is 2.38 bits per heavy atom. The third kappa shape index (κ3) is 4.41. The second-order valence-electron chi connectivity index (χ2n) is 6.04. The van der Waals surface area contributed by atoms with Crippen LogP contribution < -0.4 is 5.32 Å². The van der Waals surface area contributed by atoms with Crippen molar-refractivity contribution in [2.75, 3.05) is 26.4 Å². The predicted octanol–water partition coefficient (Wildman–Crippen LogP) is 1.05. The van der Waals surface area contributed by atoms with Crippen LogP contribution in [0.2, 0.25) is 0 Å². The summed E-state index contributed by atoms with van der Waals surface area (Å²) in [5.41, 5.74) is 0. The summed E-state index contributed by atoms with van der Waals surface area (Å²) in [5.74, 6) is -1.18. The van der Waals surface area contributed by atoms with Gasteiger partial charge in [0.15, 0.2) is 0 Å². The number of carbonyl (C=O) groups excluding carboxylic acids is 1. The van der Waals surface area contributed by atoms with Crippen molar-refractivity contribution >= 4 is 11.9 Å². The zero-order valence-corrected chi connectivity index (χ0v) is 12.5. The van der Waals surface area contributed by atoms with Gasteiger partial charge in [0.25, 0.3) is 0 Å². The Kier molecular flexibility index (Phi) is 5.99. The van der Waals surface area contributed by atoms with Gasteiger partial charge in [0, 0.05) is 31.7 Å². The van der Waals surface area contributed by atoms with E-state index in [1.807, 2.05) is 6.92 Å². The minimum atomic E-state index is -0.974. The lowest BCUT2D eigenvalue weighted by Crippen LogP contribution is -2.50. The van der Waals surface area contributed by atoms with Crippen LogP contribution in [0.3, 0.4) is 0 Å². The zero-order valence-electron chi connectivity index (χ0n) is 12.5. The molecule has 1 amide bonds. The third-order valence-corrected chi connectivity index (χ3v) is 4.62. The van der Waals surface area contributed by atoms with Crippen molar-refractivity contribution in [3.63, 3.8) is 0 Å². The SMILES string of the molecule is CC(C(=O)NC(C(=O)O)C1CCCOC1)C1CCOCC1. The van der Waals surface area contributed by atoms with Crippen LogP contribution in [0.25, 0.3) is 0 Å². The largest absolute Gasteiger partial charge is 0.480 e. The molecule has 0 aromatic rings. The molecule has 6 nitrogen and oxygen atoms in total. The van der Waals surface area contributed by atoms with Gasteiger partial charge in [0.1, 0.15) is 6.04 Å². The summed E-state index contributed by atoms with van der Waals surface area (Å²) < 4.78 is 10.6. The Labute approximate surface area is 125 Å². The van der Waals surface area contributed by atoms with Crippen molar-refractivity contribution in [1.82, 2.24) is 5.32 Å². The highest BCUT2D eigenvalue weighted by atomic mass is 16.5. The lowest BCUT2D eigenvalue weighted by atomic mass is 9.86. The Balaban J connectivity index is 1.92. The molecule has 0 saturated carbocycles. The van der Waals surface area contributed by atoms with Gasteiger partial charge in [-0.05, 0) is 31.6 Å². The van der Waals surface area contributed by atoms with Gasteiger partial charge in [0.05, 0.1) is 6.61 Å². The predicted molar refractivity (Wildman–Crippen MR) is 75.8 cm³/mol. The third-order valence-electron chi connectivity index (χ3n) is 4.62. The molecule has 2 aliphatic heterocycles. The number of amides is 1. The van der Waals surface area contributed by atoms with Crippen LogP contribution in [-0.4, -0.2) is 49.5 Å². The first-order chi connectivity index (χ1) is 10.1. The molecule has 2 rings (SSSR count). The van der Waals surface area contributed by atoms with Gasteiger partial charge in [-0.2, -0.15) is 0 Å². The monoisotopic (exact) mass is 299 g/mol. The van der Waals surface area contributed by atoms with Crippen molar-refractivity contribution in [2.24, 2.45) is 17.8 Å². The minimum Gasteiger partial charge on any atom is -0.480 e. The number of hydrogen-bond donors (Lipinski definition) is 2. The second-order valence-corrected chi connectivity index (χ2v) is 6.04. The molecule has 21 heavy (non-hydrogen) atoms. The average Bonchev–Trinajstić information content (AvgIpc) is 2.53. The number of carbonyl (C=O) groups is 2. The summed E-state index contributed by atoms with van der Waals surface area (Å²) in [6.07, 6.45) is 3.35. The van der Waals surface area contributed by atoms with Crippen LogP contribution in [0.5, 0.6) is 0 Å². The lowest BCUT2D eigenvalue weighted by Gasteiger charge is -2.31. The number of carboxylic acid groups (broad SMARTS) is 1. The summed E-state index contributed by atoms with van der Waals surface area (Å²) >= 11 is 0. The van der Waals surface area contributed by atoms with Crippen LogP contribution in [0.15, 0.2) is 0 Å². The summed E-state index contributed by atoms with van der Waals surface area (Å²) in [6, 6.07) is -0.847. The number of ether oxygens (including phenoxy) is 2. The maximum atomic E-state index is 12.3. The van der Waals surface area contributed by atoms with Crippen LogP contribution >= 0.6 is 0 Å². The number of hydrogen-bond acceptors (Lipinski definition) is 4. The summed E-state index contributed by atoms with van der Waals surface area (Å²) in [7, 11) is 0. The van der Waals surface area contributed by atoms with Gasteiger partial charge in [-0.3, -0.25) is 4.79 Å². The summed E-state index contributed by atoms with van der Waals surface area (Å²) in [4.78, 5) is 23.8. The molecule has 0 aromatic heterocycles. The second kappa shape index (κ2) is 7.75. The normalized spacial score (nSPS) is 26.8. The molecule has 120 valence electrons. The van der Waals surface area contributed by atoms with Gasteiger partial charge >= 0.3 is 5.97 Å². The van der Waals surface area contributed by atoms with E-state index in [4.69, 9.17) is 9.47 Å². The Hall–Kier alpha value is -1.14. The first kappa shape index (κ1) is 16.2. The van der Waals surface area contributed by atoms with Crippen LogP contribution in [0.1, 0.15) is 32.6 Å². The van der Waals surface area contributed by atoms with Crippen molar-refractivity contribution in [3.05, 3.63) is 0 Å². The molecule has 2 fully saturated rings. The topological polar surface area (TPSA) is 84.9 Å². The van der Waals surface area contributed by atoms with Crippen molar-refractivity contribution in [2.45, 2.75) is 38.6 Å². The molecule has 2 aliphatic rings.